The van der Waals surface area contributed by atoms with Gasteiger partial charge in [0.2, 0.25) is 11.8 Å². The van der Waals surface area contributed by atoms with E-state index in [0.717, 1.165) is 49.8 Å². The number of ether oxygens (including phenoxy) is 1. The van der Waals surface area contributed by atoms with Crippen molar-refractivity contribution in [1.82, 2.24) is 20.4 Å². The van der Waals surface area contributed by atoms with Gasteiger partial charge in [-0.05, 0) is 67.5 Å². The third-order valence-electron chi connectivity index (χ3n) is 8.04. The van der Waals surface area contributed by atoms with Gasteiger partial charge in [-0.2, -0.15) is 0 Å². The summed E-state index contributed by atoms with van der Waals surface area (Å²) in [6.07, 6.45) is 4.26. The first-order valence-electron chi connectivity index (χ1n) is 13.5. The number of amides is 3. The molecular formula is C29H34N4O4. The van der Waals surface area contributed by atoms with Gasteiger partial charge in [-0.3, -0.25) is 24.6 Å². The highest BCUT2D eigenvalue weighted by Crippen LogP contribution is 2.32. The predicted octanol–water partition coefficient (Wildman–Crippen LogP) is 2.47. The van der Waals surface area contributed by atoms with Crippen LogP contribution in [0.25, 0.3) is 0 Å². The summed E-state index contributed by atoms with van der Waals surface area (Å²) < 4.78 is 6.61. The van der Waals surface area contributed by atoms with E-state index < -0.39 is 6.04 Å². The molecule has 1 aliphatic carbocycles. The van der Waals surface area contributed by atoms with Crippen LogP contribution in [0.2, 0.25) is 0 Å². The van der Waals surface area contributed by atoms with E-state index in [4.69, 9.17) is 4.74 Å². The minimum atomic E-state index is -0.608. The van der Waals surface area contributed by atoms with Crippen molar-refractivity contribution < 1.29 is 19.1 Å². The van der Waals surface area contributed by atoms with Crippen LogP contribution in [0.1, 0.15) is 53.6 Å². The number of hydrogen-bond donors (Lipinski definition) is 2. The topological polar surface area (TPSA) is 91.0 Å². The molecule has 0 bridgehead atoms. The maximum absolute atomic E-state index is 13.1. The van der Waals surface area contributed by atoms with Gasteiger partial charge in [0.25, 0.3) is 5.91 Å². The van der Waals surface area contributed by atoms with Gasteiger partial charge in [0.1, 0.15) is 17.9 Å². The van der Waals surface area contributed by atoms with Crippen LogP contribution in [0.15, 0.2) is 48.5 Å². The Hall–Kier alpha value is -3.23. The van der Waals surface area contributed by atoms with Gasteiger partial charge >= 0.3 is 0 Å². The van der Waals surface area contributed by atoms with Gasteiger partial charge < -0.3 is 15.0 Å². The average Bonchev–Trinajstić information content (AvgIpc) is 3.67. The Morgan fingerprint density at radius 2 is 1.84 bits per heavy atom. The second-order valence-electron chi connectivity index (χ2n) is 10.8. The Labute approximate surface area is 217 Å². The average molecular weight is 503 g/mol. The number of rotatable bonds is 8. The summed E-state index contributed by atoms with van der Waals surface area (Å²) in [6.45, 7) is 4.15. The van der Waals surface area contributed by atoms with E-state index in [1.807, 2.05) is 24.3 Å². The van der Waals surface area contributed by atoms with E-state index in [2.05, 4.69) is 39.8 Å². The molecule has 1 saturated carbocycles. The number of nitrogens with one attached hydrogen (secondary N) is 2. The molecule has 4 aliphatic rings. The third kappa shape index (κ3) is 5.40. The molecule has 2 aromatic rings. The van der Waals surface area contributed by atoms with Crippen LogP contribution in [0.4, 0.5) is 0 Å². The largest absolute Gasteiger partial charge is 0.487 e. The van der Waals surface area contributed by atoms with Crippen molar-refractivity contribution in [3.05, 3.63) is 65.2 Å². The van der Waals surface area contributed by atoms with Crippen LogP contribution in [-0.2, 0) is 22.7 Å². The molecule has 0 radical (unpaired) electrons. The number of carbonyl (C=O) groups excluding carboxylic acids is 3. The van der Waals surface area contributed by atoms with E-state index in [9.17, 15) is 14.4 Å². The Kier molecular flexibility index (Phi) is 6.69. The predicted molar refractivity (Wildman–Crippen MR) is 138 cm³/mol. The summed E-state index contributed by atoms with van der Waals surface area (Å²) >= 11 is 0. The second kappa shape index (κ2) is 10.3. The first-order valence-corrected chi connectivity index (χ1v) is 13.5. The molecule has 3 amide bonds. The van der Waals surface area contributed by atoms with Gasteiger partial charge in [0, 0.05) is 44.2 Å². The molecule has 8 nitrogen and oxygen atoms in total. The van der Waals surface area contributed by atoms with Crippen molar-refractivity contribution in [2.75, 3.05) is 19.6 Å². The molecule has 0 aromatic heterocycles. The molecule has 194 valence electrons. The number of hydrogen-bond acceptors (Lipinski definition) is 6. The number of imide groups is 1. The van der Waals surface area contributed by atoms with Crippen molar-refractivity contribution in [2.24, 2.45) is 5.92 Å². The van der Waals surface area contributed by atoms with Crippen molar-refractivity contribution >= 4 is 17.7 Å². The molecule has 0 spiro atoms. The Morgan fingerprint density at radius 1 is 1.00 bits per heavy atom. The lowest BCUT2D eigenvalue weighted by Crippen LogP contribution is -2.55. The van der Waals surface area contributed by atoms with Gasteiger partial charge in [0.15, 0.2) is 0 Å². The van der Waals surface area contributed by atoms with Crippen molar-refractivity contribution in [2.45, 2.75) is 63.4 Å². The molecule has 37 heavy (non-hydrogen) atoms. The molecule has 2 saturated heterocycles. The van der Waals surface area contributed by atoms with Crippen molar-refractivity contribution in [3.63, 3.8) is 0 Å². The zero-order chi connectivity index (χ0) is 25.4. The number of carbonyl (C=O) groups is 3. The fourth-order valence-corrected chi connectivity index (χ4v) is 5.76. The molecule has 3 heterocycles. The maximum Gasteiger partial charge on any atom is 0.255 e. The molecule has 8 heteroatoms. The highest BCUT2D eigenvalue weighted by atomic mass is 16.5. The summed E-state index contributed by atoms with van der Waals surface area (Å²) in [5.41, 5.74) is 2.77. The molecule has 2 N–H and O–H groups in total. The first-order chi connectivity index (χ1) is 18.0. The van der Waals surface area contributed by atoms with Crippen LogP contribution >= 0.6 is 0 Å². The van der Waals surface area contributed by atoms with Gasteiger partial charge in [-0.1, -0.05) is 30.3 Å². The summed E-state index contributed by atoms with van der Waals surface area (Å²) in [6, 6.07) is 15.9. The standard InChI is InChI=1S/C29H34N4O4/c34-27-11-10-25(28(35)31-27)33-17-21-14-22(8-9-23(21)29(33)36)37-26-18-32(16-20-4-2-1-3-5-20)13-12-24(26)30-15-19-6-7-19/h1-5,8-9,14,19,24-26,30H,6-7,10-13,15-18H2,(H,31,34,35)/t24-,25?,26-/m0/s1. The molecule has 6 rings (SSSR count). The van der Waals surface area contributed by atoms with Gasteiger partial charge in [-0.15, -0.1) is 0 Å². The van der Waals surface area contributed by atoms with Crippen LogP contribution in [0.3, 0.4) is 0 Å². The number of fused-ring (bicyclic) bond motifs is 1. The van der Waals surface area contributed by atoms with Crippen molar-refractivity contribution in [1.29, 1.82) is 0 Å². The van der Waals surface area contributed by atoms with Crippen LogP contribution in [0, 0.1) is 5.92 Å². The van der Waals surface area contributed by atoms with E-state index in [1.165, 1.54) is 18.4 Å². The highest BCUT2D eigenvalue weighted by Gasteiger charge is 2.39. The SMILES string of the molecule is O=C1CCC(N2Cc3cc(O[C@H]4CN(Cc5ccccc5)CC[C@@H]4NCC4CC4)ccc3C2=O)C(=O)N1. The molecular weight excluding hydrogens is 468 g/mol. The lowest BCUT2D eigenvalue weighted by atomic mass is 10.00. The van der Waals surface area contributed by atoms with Crippen LogP contribution < -0.4 is 15.4 Å². The molecule has 2 aromatic carbocycles. The molecule has 3 atom stereocenters. The molecule has 1 unspecified atom stereocenters. The minimum absolute atomic E-state index is 0.00222. The van der Waals surface area contributed by atoms with E-state index in [-0.39, 0.29) is 36.3 Å². The fraction of sp³-hybridized carbons (Fsp3) is 0.483. The summed E-state index contributed by atoms with van der Waals surface area (Å²) in [5, 5.41) is 6.13. The number of benzene rings is 2. The van der Waals surface area contributed by atoms with Gasteiger partial charge in [-0.25, -0.2) is 0 Å². The Bertz CT molecular complexity index is 1180. The maximum atomic E-state index is 13.1. The summed E-state index contributed by atoms with van der Waals surface area (Å²) in [7, 11) is 0. The highest BCUT2D eigenvalue weighted by molar-refractivity contribution is 6.05. The van der Waals surface area contributed by atoms with E-state index >= 15 is 0 Å². The van der Waals surface area contributed by atoms with E-state index in [1.54, 1.807) is 4.90 Å². The normalized spacial score (nSPS) is 26.2. The first kappa shape index (κ1) is 24.1. The smallest absolute Gasteiger partial charge is 0.255 e. The molecule has 3 aliphatic heterocycles. The zero-order valence-corrected chi connectivity index (χ0v) is 21.0. The second-order valence-corrected chi connectivity index (χ2v) is 10.8. The zero-order valence-electron chi connectivity index (χ0n) is 21.0. The van der Waals surface area contributed by atoms with Crippen LogP contribution in [-0.4, -0.2) is 65.3 Å². The Balaban J connectivity index is 1.15. The lowest BCUT2D eigenvalue weighted by Gasteiger charge is -2.39. The fourth-order valence-electron chi connectivity index (χ4n) is 5.76. The molecule has 3 fully saturated rings. The number of nitrogens with zero attached hydrogens (tertiary/aromatic N) is 2. The lowest BCUT2D eigenvalue weighted by molar-refractivity contribution is -0.136. The van der Waals surface area contributed by atoms with Gasteiger partial charge in [0.05, 0.1) is 0 Å². The number of likely N-dealkylation sites (tertiary alicyclic amines) is 1. The quantitative estimate of drug-likeness (QED) is 0.539. The van der Waals surface area contributed by atoms with E-state index in [0.29, 0.717) is 18.5 Å². The summed E-state index contributed by atoms with van der Waals surface area (Å²) in [5.74, 6) is 0.722. The minimum Gasteiger partial charge on any atom is -0.487 e. The van der Waals surface area contributed by atoms with Crippen molar-refractivity contribution in [3.8, 4) is 5.75 Å². The summed E-state index contributed by atoms with van der Waals surface area (Å²) in [4.78, 5) is 41.0. The monoisotopic (exact) mass is 502 g/mol. The number of piperidine rings is 2. The Morgan fingerprint density at radius 3 is 2.62 bits per heavy atom. The third-order valence-corrected chi connectivity index (χ3v) is 8.04. The van der Waals surface area contributed by atoms with Crippen LogP contribution in [0.5, 0.6) is 5.75 Å².